The van der Waals surface area contributed by atoms with Gasteiger partial charge >= 0.3 is 0 Å². The number of thiophene rings is 1. The Bertz CT molecular complexity index is 553. The van der Waals surface area contributed by atoms with Gasteiger partial charge in [0.15, 0.2) is 0 Å². The van der Waals surface area contributed by atoms with E-state index in [0.29, 0.717) is 6.04 Å². The van der Waals surface area contributed by atoms with Gasteiger partial charge in [0.05, 0.1) is 17.6 Å². The van der Waals surface area contributed by atoms with E-state index in [9.17, 15) is 0 Å². The topological polar surface area (TPSA) is 21.3 Å². The summed E-state index contributed by atoms with van der Waals surface area (Å²) >= 11 is 5.33. The number of benzene rings is 1. The van der Waals surface area contributed by atoms with Gasteiger partial charge in [-0.2, -0.15) is 0 Å². The van der Waals surface area contributed by atoms with E-state index in [1.54, 1.807) is 7.11 Å². The monoisotopic (exact) mass is 339 g/mol. The number of hydrogen-bond donors (Lipinski definition) is 1. The summed E-state index contributed by atoms with van der Waals surface area (Å²) < 4.78 is 6.28. The maximum absolute atomic E-state index is 5.31. The second kappa shape index (κ2) is 6.44. The van der Waals surface area contributed by atoms with Gasteiger partial charge in [0.25, 0.3) is 0 Å². The predicted molar refractivity (Wildman–Crippen MR) is 86.4 cm³/mol. The van der Waals surface area contributed by atoms with Crippen LogP contribution in [-0.4, -0.2) is 7.11 Å². The van der Waals surface area contributed by atoms with Gasteiger partial charge < -0.3 is 10.1 Å². The first kappa shape index (κ1) is 14.4. The zero-order chi connectivity index (χ0) is 13.8. The van der Waals surface area contributed by atoms with Crippen LogP contribution in [0.2, 0.25) is 0 Å². The second-order valence-electron chi connectivity index (χ2n) is 4.37. The van der Waals surface area contributed by atoms with Crippen LogP contribution in [0.5, 0.6) is 5.75 Å². The molecule has 102 valence electrons. The highest BCUT2D eigenvalue weighted by molar-refractivity contribution is 9.10. The summed E-state index contributed by atoms with van der Waals surface area (Å²) in [5.74, 6) is 0.845. The van der Waals surface area contributed by atoms with Crippen molar-refractivity contribution in [1.29, 1.82) is 0 Å². The molecule has 0 aliphatic rings. The molecule has 1 aromatic carbocycles. The minimum Gasteiger partial charge on any atom is -0.495 e. The summed E-state index contributed by atoms with van der Waals surface area (Å²) in [6.45, 7) is 4.37. The van der Waals surface area contributed by atoms with E-state index in [1.807, 2.05) is 23.5 Å². The molecule has 0 saturated heterocycles. The lowest BCUT2D eigenvalue weighted by atomic mass is 10.2. The molecule has 0 aliphatic heterocycles. The molecule has 0 fully saturated rings. The van der Waals surface area contributed by atoms with E-state index in [4.69, 9.17) is 4.74 Å². The Kier molecular flexibility index (Phi) is 4.88. The lowest BCUT2D eigenvalue weighted by Crippen LogP contribution is -2.04. The van der Waals surface area contributed by atoms with Gasteiger partial charge in [-0.3, -0.25) is 0 Å². The number of nitrogens with one attached hydrogen (secondary N) is 1. The fourth-order valence-corrected chi connectivity index (χ4v) is 3.25. The number of anilines is 1. The van der Waals surface area contributed by atoms with Crippen LogP contribution >= 0.6 is 27.3 Å². The van der Waals surface area contributed by atoms with Gasteiger partial charge in [-0.25, -0.2) is 0 Å². The zero-order valence-corrected chi connectivity index (χ0v) is 13.8. The van der Waals surface area contributed by atoms with Gasteiger partial charge in [-0.05, 0) is 53.5 Å². The standard InChI is InChI=1S/C15H18BrNOS/c1-4-12-6-8-15(19-12)10(2)17-11-5-7-13(16)14(9-11)18-3/h5-10,17H,4H2,1-3H3. The third-order valence-corrected chi connectivity index (χ3v) is 5.06. The highest BCUT2D eigenvalue weighted by Crippen LogP contribution is 2.31. The molecule has 0 amide bonds. The van der Waals surface area contributed by atoms with Crippen LogP contribution < -0.4 is 10.1 Å². The molecule has 19 heavy (non-hydrogen) atoms. The minimum absolute atomic E-state index is 0.302. The van der Waals surface area contributed by atoms with Crippen molar-refractivity contribution in [2.45, 2.75) is 26.3 Å². The summed E-state index contributed by atoms with van der Waals surface area (Å²) in [7, 11) is 1.68. The van der Waals surface area contributed by atoms with Gasteiger partial charge in [-0.1, -0.05) is 6.92 Å². The molecule has 0 saturated carbocycles. The van der Waals surface area contributed by atoms with E-state index in [1.165, 1.54) is 9.75 Å². The highest BCUT2D eigenvalue weighted by Gasteiger charge is 2.09. The zero-order valence-electron chi connectivity index (χ0n) is 11.4. The highest BCUT2D eigenvalue weighted by atomic mass is 79.9. The molecule has 0 radical (unpaired) electrons. The molecular formula is C15H18BrNOS. The van der Waals surface area contributed by atoms with Gasteiger partial charge in [0, 0.05) is 21.5 Å². The van der Waals surface area contributed by atoms with Crippen molar-refractivity contribution in [2.24, 2.45) is 0 Å². The van der Waals surface area contributed by atoms with Crippen LogP contribution in [0.1, 0.15) is 29.6 Å². The molecule has 1 N–H and O–H groups in total. The predicted octanol–water partition coefficient (Wildman–Crippen LogP) is 5.25. The van der Waals surface area contributed by atoms with E-state index in [2.05, 4.69) is 53.3 Å². The normalized spacial score (nSPS) is 12.2. The van der Waals surface area contributed by atoms with Crippen molar-refractivity contribution in [1.82, 2.24) is 0 Å². The van der Waals surface area contributed by atoms with Crippen LogP contribution in [0.25, 0.3) is 0 Å². The van der Waals surface area contributed by atoms with Gasteiger partial charge in [0.1, 0.15) is 5.75 Å². The summed E-state index contributed by atoms with van der Waals surface area (Å²) in [6.07, 6.45) is 1.10. The van der Waals surface area contributed by atoms with Crippen LogP contribution in [0.15, 0.2) is 34.8 Å². The third kappa shape index (κ3) is 3.51. The van der Waals surface area contributed by atoms with Crippen LogP contribution in [0.4, 0.5) is 5.69 Å². The smallest absolute Gasteiger partial charge is 0.135 e. The number of hydrogen-bond acceptors (Lipinski definition) is 3. The maximum Gasteiger partial charge on any atom is 0.135 e. The summed E-state index contributed by atoms with van der Waals surface area (Å²) in [5.41, 5.74) is 1.07. The summed E-state index contributed by atoms with van der Waals surface area (Å²) in [4.78, 5) is 2.79. The molecule has 2 nitrogen and oxygen atoms in total. The quantitative estimate of drug-likeness (QED) is 0.802. The number of halogens is 1. The van der Waals surface area contributed by atoms with E-state index in [-0.39, 0.29) is 0 Å². The largest absolute Gasteiger partial charge is 0.495 e. The fourth-order valence-electron chi connectivity index (χ4n) is 1.89. The first-order valence-corrected chi connectivity index (χ1v) is 7.93. The van der Waals surface area contributed by atoms with Crippen molar-refractivity contribution >= 4 is 33.0 Å². The molecule has 1 unspecified atom stereocenters. The number of methoxy groups -OCH3 is 1. The number of ether oxygens (including phenoxy) is 1. The van der Waals surface area contributed by atoms with Crippen LogP contribution in [-0.2, 0) is 6.42 Å². The molecular weight excluding hydrogens is 322 g/mol. The Morgan fingerprint density at radius 3 is 2.74 bits per heavy atom. The second-order valence-corrected chi connectivity index (χ2v) is 6.43. The first-order valence-electron chi connectivity index (χ1n) is 6.32. The van der Waals surface area contributed by atoms with Gasteiger partial charge in [0.2, 0.25) is 0 Å². The molecule has 0 bridgehead atoms. The lowest BCUT2D eigenvalue weighted by molar-refractivity contribution is 0.412. The Balaban J connectivity index is 2.11. The maximum atomic E-state index is 5.31. The molecule has 2 rings (SSSR count). The fraction of sp³-hybridized carbons (Fsp3) is 0.333. The average Bonchev–Trinajstić information content (AvgIpc) is 2.90. The molecule has 2 aromatic rings. The Morgan fingerprint density at radius 1 is 1.32 bits per heavy atom. The van der Waals surface area contributed by atoms with E-state index < -0.39 is 0 Å². The molecule has 0 aliphatic carbocycles. The van der Waals surface area contributed by atoms with Gasteiger partial charge in [-0.15, -0.1) is 11.3 Å². The number of aryl methyl sites for hydroxylation is 1. The van der Waals surface area contributed by atoms with Crippen molar-refractivity contribution in [2.75, 3.05) is 12.4 Å². The Hall–Kier alpha value is -1.000. The average molecular weight is 340 g/mol. The van der Waals surface area contributed by atoms with Crippen molar-refractivity contribution in [3.63, 3.8) is 0 Å². The lowest BCUT2D eigenvalue weighted by Gasteiger charge is -2.15. The summed E-state index contributed by atoms with van der Waals surface area (Å²) in [6, 6.07) is 10.8. The minimum atomic E-state index is 0.302. The molecule has 1 heterocycles. The summed E-state index contributed by atoms with van der Waals surface area (Å²) in [5, 5.41) is 3.51. The van der Waals surface area contributed by atoms with Crippen LogP contribution in [0, 0.1) is 0 Å². The van der Waals surface area contributed by atoms with Crippen molar-refractivity contribution in [3.8, 4) is 5.75 Å². The Labute approximate surface area is 126 Å². The van der Waals surface area contributed by atoms with Crippen molar-refractivity contribution in [3.05, 3.63) is 44.6 Å². The molecule has 4 heteroatoms. The SMILES string of the molecule is CCc1ccc(C(C)Nc2ccc(Br)c(OC)c2)s1. The Morgan fingerprint density at radius 2 is 2.11 bits per heavy atom. The number of rotatable bonds is 5. The third-order valence-electron chi connectivity index (χ3n) is 2.99. The van der Waals surface area contributed by atoms with Crippen LogP contribution in [0.3, 0.4) is 0 Å². The van der Waals surface area contributed by atoms with Crippen molar-refractivity contribution < 1.29 is 4.74 Å². The van der Waals surface area contributed by atoms with E-state index >= 15 is 0 Å². The molecule has 1 aromatic heterocycles. The first-order chi connectivity index (χ1) is 9.13. The molecule has 1 atom stereocenters. The molecule has 0 spiro atoms. The van der Waals surface area contributed by atoms with E-state index in [0.717, 1.165) is 22.3 Å².